The Kier molecular flexibility index (Phi) is 6.46. The molecule has 1 heterocycles. The number of hydrogen-bond donors (Lipinski definition) is 2. The Hall–Kier alpha value is -2.39. The summed E-state index contributed by atoms with van der Waals surface area (Å²) in [4.78, 5) is 12.6. The van der Waals surface area contributed by atoms with E-state index in [0.717, 1.165) is 11.1 Å². The van der Waals surface area contributed by atoms with Crippen LogP contribution in [0.3, 0.4) is 0 Å². The van der Waals surface area contributed by atoms with E-state index in [1.807, 2.05) is 0 Å². The summed E-state index contributed by atoms with van der Waals surface area (Å²) < 4.78 is 24.7. The number of phenols is 1. The van der Waals surface area contributed by atoms with Crippen LogP contribution in [0.1, 0.15) is 11.1 Å². The maximum Gasteiger partial charge on any atom is 0.288 e. The van der Waals surface area contributed by atoms with E-state index in [9.17, 15) is 18.7 Å². The van der Waals surface area contributed by atoms with Gasteiger partial charge in [-0.1, -0.05) is 35.7 Å². The molecule has 140 valence electrons. The monoisotopic (exact) mass is 407 g/mol. The zero-order valence-electron chi connectivity index (χ0n) is 13.9. The molecule has 0 radical (unpaired) electrons. The third-order valence-electron chi connectivity index (χ3n) is 3.59. The largest absolute Gasteiger partial charge is 0.508 e. The molecule has 3 rings (SSSR count). The molecular weight excluding hydrogens is 392 g/mol. The third kappa shape index (κ3) is 5.80. The van der Waals surface area contributed by atoms with Crippen LogP contribution in [0.2, 0.25) is 0 Å². The molecule has 0 bridgehead atoms. The van der Waals surface area contributed by atoms with Gasteiger partial charge in [0.05, 0.1) is 11.5 Å². The van der Waals surface area contributed by atoms with Crippen LogP contribution in [-0.2, 0) is 11.2 Å². The molecule has 0 aromatic heterocycles. The van der Waals surface area contributed by atoms with Gasteiger partial charge >= 0.3 is 0 Å². The van der Waals surface area contributed by atoms with Crippen molar-refractivity contribution in [2.24, 2.45) is 10.2 Å². The molecule has 1 fully saturated rings. The molecule has 9 heteroatoms. The van der Waals surface area contributed by atoms with Crippen LogP contribution in [0.25, 0.3) is 0 Å². The number of phenolic OH excluding ortho intramolecular Hbond substituents is 1. The van der Waals surface area contributed by atoms with E-state index < -0.39 is 5.76 Å². The first kappa shape index (κ1) is 19.4. The molecule has 1 aliphatic rings. The lowest BCUT2D eigenvalue weighted by Gasteiger charge is -2.06. The van der Waals surface area contributed by atoms with Crippen molar-refractivity contribution in [3.63, 3.8) is 0 Å². The molecule has 2 aromatic rings. The summed E-state index contributed by atoms with van der Waals surface area (Å²) in [5.41, 5.74) is 1.65. The fourth-order valence-electron chi connectivity index (χ4n) is 2.32. The van der Waals surface area contributed by atoms with Gasteiger partial charge in [-0.25, -0.2) is 0 Å². The van der Waals surface area contributed by atoms with E-state index in [1.165, 1.54) is 18.0 Å². The standard InChI is InChI=1S/C18H15F2N3O2S2/c19-17(20)26-14-7-3-11(4-8-14)9-15-16(25)22-18(27-15)23-21-10-12-1-5-13(24)6-2-12/h1-8,10,15,17,24H,9H2,(H,22,23,25)/b21-10-/t15-/m0/s1. The lowest BCUT2D eigenvalue weighted by atomic mass is 10.1. The van der Waals surface area contributed by atoms with Crippen molar-refractivity contribution in [2.45, 2.75) is 22.3 Å². The molecule has 2 aromatic carbocycles. The fourth-order valence-corrected chi connectivity index (χ4v) is 3.78. The summed E-state index contributed by atoms with van der Waals surface area (Å²) in [6.45, 7) is 0. The van der Waals surface area contributed by atoms with E-state index in [4.69, 9.17) is 0 Å². The summed E-state index contributed by atoms with van der Waals surface area (Å²) in [7, 11) is 0. The van der Waals surface area contributed by atoms with Gasteiger partial charge in [0.1, 0.15) is 5.75 Å². The molecule has 1 amide bonds. The van der Waals surface area contributed by atoms with E-state index in [-0.39, 0.29) is 16.9 Å². The lowest BCUT2D eigenvalue weighted by Crippen LogP contribution is -2.25. The van der Waals surface area contributed by atoms with Crippen LogP contribution in [0.4, 0.5) is 8.78 Å². The van der Waals surface area contributed by atoms with Gasteiger partial charge in [-0.05, 0) is 53.9 Å². The van der Waals surface area contributed by atoms with Gasteiger partial charge in [0, 0.05) is 4.90 Å². The number of carbonyl (C=O) groups excluding carboxylic acids is 1. The second-order valence-electron chi connectivity index (χ2n) is 5.56. The van der Waals surface area contributed by atoms with Crippen LogP contribution in [0.15, 0.2) is 63.6 Å². The highest BCUT2D eigenvalue weighted by atomic mass is 32.2. The number of amides is 1. The summed E-state index contributed by atoms with van der Waals surface area (Å²) >= 11 is 1.77. The van der Waals surface area contributed by atoms with Crippen LogP contribution in [-0.4, -0.2) is 33.4 Å². The first-order valence-corrected chi connectivity index (χ1v) is 9.67. The van der Waals surface area contributed by atoms with Crippen molar-refractivity contribution in [3.8, 4) is 5.75 Å². The predicted octanol–water partition coefficient (Wildman–Crippen LogP) is 3.87. The highest BCUT2D eigenvalue weighted by molar-refractivity contribution is 8.15. The highest BCUT2D eigenvalue weighted by Crippen LogP contribution is 2.27. The number of halogens is 2. The number of amidine groups is 1. The smallest absolute Gasteiger partial charge is 0.288 e. The minimum absolute atomic E-state index is 0.162. The summed E-state index contributed by atoms with van der Waals surface area (Å²) in [6.07, 6.45) is 1.99. The number of aromatic hydroxyl groups is 1. The van der Waals surface area contributed by atoms with E-state index in [1.54, 1.807) is 48.5 Å². The molecule has 0 aliphatic carbocycles. The fraction of sp³-hybridized carbons (Fsp3) is 0.167. The Labute approximate surface area is 163 Å². The first-order valence-electron chi connectivity index (χ1n) is 7.91. The molecule has 0 saturated carbocycles. The van der Waals surface area contributed by atoms with Crippen molar-refractivity contribution in [3.05, 3.63) is 59.7 Å². The molecule has 27 heavy (non-hydrogen) atoms. The zero-order valence-corrected chi connectivity index (χ0v) is 15.5. The highest BCUT2D eigenvalue weighted by Gasteiger charge is 2.30. The predicted molar refractivity (Wildman–Crippen MR) is 105 cm³/mol. The molecule has 1 aliphatic heterocycles. The minimum Gasteiger partial charge on any atom is -0.508 e. The number of alkyl halides is 2. The van der Waals surface area contributed by atoms with Crippen molar-refractivity contribution in [2.75, 3.05) is 0 Å². The summed E-state index contributed by atoms with van der Waals surface area (Å²) in [5, 5.41) is 19.9. The molecule has 0 spiro atoms. The molecule has 1 atom stereocenters. The number of nitrogens with zero attached hydrogens (tertiary/aromatic N) is 2. The van der Waals surface area contributed by atoms with E-state index >= 15 is 0 Å². The van der Waals surface area contributed by atoms with Gasteiger partial charge < -0.3 is 10.4 Å². The number of hydrogen-bond acceptors (Lipinski definition) is 6. The second kappa shape index (κ2) is 9.01. The Bertz CT molecular complexity index is 856. The Morgan fingerprint density at radius 3 is 2.56 bits per heavy atom. The molecule has 1 saturated heterocycles. The Balaban J connectivity index is 1.57. The van der Waals surface area contributed by atoms with Gasteiger partial charge in [-0.15, -0.1) is 5.10 Å². The summed E-state index contributed by atoms with van der Waals surface area (Å²) in [5.74, 6) is -2.45. The SMILES string of the molecule is O=C1N/C(=N/N=C\c2ccc(O)cc2)S[C@H]1Cc1ccc(SC(F)F)cc1. The topological polar surface area (TPSA) is 74.0 Å². The van der Waals surface area contributed by atoms with Crippen LogP contribution in [0, 0.1) is 0 Å². The maximum atomic E-state index is 12.3. The molecule has 5 nitrogen and oxygen atoms in total. The van der Waals surface area contributed by atoms with Crippen LogP contribution in [0.5, 0.6) is 5.75 Å². The van der Waals surface area contributed by atoms with Crippen molar-refractivity contribution in [1.82, 2.24) is 5.32 Å². The summed E-state index contributed by atoms with van der Waals surface area (Å²) in [6, 6.07) is 13.2. The Morgan fingerprint density at radius 1 is 1.19 bits per heavy atom. The van der Waals surface area contributed by atoms with Crippen LogP contribution >= 0.6 is 23.5 Å². The average molecular weight is 407 g/mol. The zero-order chi connectivity index (χ0) is 19.2. The van der Waals surface area contributed by atoms with E-state index in [2.05, 4.69) is 15.5 Å². The first-order chi connectivity index (χ1) is 13.0. The average Bonchev–Trinajstić information content (AvgIpc) is 2.97. The van der Waals surface area contributed by atoms with E-state index in [0.29, 0.717) is 28.2 Å². The molecular formula is C18H15F2N3O2S2. The number of thioether (sulfide) groups is 2. The number of rotatable bonds is 6. The van der Waals surface area contributed by atoms with Gasteiger partial charge in [0.15, 0.2) is 5.17 Å². The minimum atomic E-state index is -2.45. The third-order valence-corrected chi connectivity index (χ3v) is 5.39. The van der Waals surface area contributed by atoms with Crippen molar-refractivity contribution in [1.29, 1.82) is 0 Å². The quantitative estimate of drug-likeness (QED) is 0.433. The van der Waals surface area contributed by atoms with Gasteiger partial charge in [-0.2, -0.15) is 13.9 Å². The molecule has 2 N–H and O–H groups in total. The van der Waals surface area contributed by atoms with Gasteiger partial charge in [-0.3, -0.25) is 4.79 Å². The van der Waals surface area contributed by atoms with Crippen molar-refractivity contribution >= 4 is 40.8 Å². The molecule has 0 unspecified atom stereocenters. The maximum absolute atomic E-state index is 12.3. The number of benzene rings is 2. The van der Waals surface area contributed by atoms with Crippen molar-refractivity contribution < 1.29 is 18.7 Å². The number of nitrogens with one attached hydrogen (secondary N) is 1. The second-order valence-corrected chi connectivity index (χ2v) is 7.82. The van der Waals surface area contributed by atoms with Gasteiger partial charge in [0.25, 0.3) is 5.76 Å². The number of carbonyl (C=O) groups is 1. The lowest BCUT2D eigenvalue weighted by molar-refractivity contribution is -0.118. The van der Waals surface area contributed by atoms with Gasteiger partial charge in [0.2, 0.25) is 5.91 Å². The normalized spacial score (nSPS) is 18.6. The van der Waals surface area contributed by atoms with Crippen LogP contribution < -0.4 is 5.32 Å². The Morgan fingerprint density at radius 2 is 1.89 bits per heavy atom.